The van der Waals surface area contributed by atoms with E-state index in [2.05, 4.69) is 5.32 Å². The first kappa shape index (κ1) is 12.2. The monoisotopic (exact) mass is 242 g/mol. The number of aliphatic carboxylic acids is 1. The minimum atomic E-state index is -1.10. The van der Waals surface area contributed by atoms with Crippen LogP contribution in [0.5, 0.6) is 0 Å². The zero-order chi connectivity index (χ0) is 12.4. The molecule has 2 fully saturated rings. The molecule has 0 aromatic heterocycles. The molecule has 96 valence electrons. The number of urea groups is 1. The van der Waals surface area contributed by atoms with Crippen molar-refractivity contribution in [3.8, 4) is 0 Å². The number of amides is 2. The molecule has 1 saturated carbocycles. The lowest BCUT2D eigenvalue weighted by atomic mass is 10.1. The van der Waals surface area contributed by atoms with Gasteiger partial charge in [-0.2, -0.15) is 0 Å². The lowest BCUT2D eigenvalue weighted by Gasteiger charge is -2.28. The van der Waals surface area contributed by atoms with Crippen molar-refractivity contribution in [2.75, 3.05) is 13.2 Å². The summed E-state index contributed by atoms with van der Waals surface area (Å²) in [5.74, 6) is -0.511. The second-order valence-corrected chi connectivity index (χ2v) is 4.84. The molecule has 3 N–H and O–H groups in total. The number of rotatable bonds is 4. The van der Waals surface area contributed by atoms with E-state index in [4.69, 9.17) is 10.2 Å². The highest BCUT2D eigenvalue weighted by Gasteiger charge is 2.40. The summed E-state index contributed by atoms with van der Waals surface area (Å²) in [5, 5.41) is 20.1. The Morgan fingerprint density at radius 2 is 2.18 bits per heavy atom. The molecule has 0 aromatic carbocycles. The van der Waals surface area contributed by atoms with E-state index in [1.165, 1.54) is 6.42 Å². The number of carbonyl (C=O) groups excluding carboxylic acids is 1. The fraction of sp³-hybridized carbons (Fsp3) is 0.818. The van der Waals surface area contributed by atoms with Gasteiger partial charge in [-0.1, -0.05) is 0 Å². The van der Waals surface area contributed by atoms with Gasteiger partial charge in [-0.25, -0.2) is 9.59 Å². The maximum absolute atomic E-state index is 11.9. The molecule has 2 aliphatic rings. The minimum Gasteiger partial charge on any atom is -0.480 e. The van der Waals surface area contributed by atoms with Crippen molar-refractivity contribution < 1.29 is 19.8 Å². The number of carbonyl (C=O) groups is 2. The second kappa shape index (κ2) is 4.91. The molecule has 0 radical (unpaired) electrons. The average Bonchev–Trinajstić information content (AvgIpc) is 2.89. The number of carboxylic acids is 1. The van der Waals surface area contributed by atoms with Gasteiger partial charge in [0.2, 0.25) is 0 Å². The summed E-state index contributed by atoms with van der Waals surface area (Å²) in [7, 11) is 0. The Kier molecular flexibility index (Phi) is 3.51. The molecular formula is C11H18N2O4. The van der Waals surface area contributed by atoms with Gasteiger partial charge in [0.25, 0.3) is 0 Å². The van der Waals surface area contributed by atoms with Gasteiger partial charge >= 0.3 is 12.0 Å². The van der Waals surface area contributed by atoms with E-state index < -0.39 is 12.0 Å². The van der Waals surface area contributed by atoms with Crippen LogP contribution in [0.15, 0.2) is 0 Å². The third kappa shape index (κ3) is 2.52. The zero-order valence-corrected chi connectivity index (χ0v) is 9.63. The van der Waals surface area contributed by atoms with Crippen LogP contribution < -0.4 is 5.32 Å². The molecule has 0 spiro atoms. The van der Waals surface area contributed by atoms with Crippen molar-refractivity contribution in [1.82, 2.24) is 10.2 Å². The highest BCUT2D eigenvalue weighted by atomic mass is 16.4. The van der Waals surface area contributed by atoms with Gasteiger partial charge in [0.05, 0.1) is 0 Å². The Labute approximate surface area is 99.6 Å². The molecule has 1 saturated heterocycles. The van der Waals surface area contributed by atoms with E-state index in [-0.39, 0.29) is 25.1 Å². The fourth-order valence-corrected chi connectivity index (χ4v) is 2.79. The molecular weight excluding hydrogens is 224 g/mol. The molecule has 3 atom stereocenters. The number of aliphatic hydroxyl groups excluding tert-OH is 1. The lowest BCUT2D eigenvalue weighted by Crippen LogP contribution is -2.50. The topological polar surface area (TPSA) is 89.9 Å². The Morgan fingerprint density at radius 3 is 2.65 bits per heavy atom. The molecule has 2 unspecified atom stereocenters. The van der Waals surface area contributed by atoms with Crippen molar-refractivity contribution in [2.45, 2.75) is 37.8 Å². The first-order valence-corrected chi connectivity index (χ1v) is 6.02. The molecule has 6 heteroatoms. The standard InChI is InChI=1S/C11H18N2O4/c14-4-3-9(10(15)16)12-11(17)13-6-7-1-2-8(13)5-7/h7-9,14H,1-6H2,(H,12,17)(H,15,16)/t7?,8?,9-/m1/s1. The van der Waals surface area contributed by atoms with Crippen LogP contribution in [0.1, 0.15) is 25.7 Å². The number of piperidine rings is 1. The van der Waals surface area contributed by atoms with Crippen molar-refractivity contribution in [1.29, 1.82) is 0 Å². The zero-order valence-electron chi connectivity index (χ0n) is 9.63. The van der Waals surface area contributed by atoms with Crippen LogP contribution in [0.2, 0.25) is 0 Å². The predicted molar refractivity (Wildman–Crippen MR) is 59.5 cm³/mol. The maximum atomic E-state index is 11.9. The smallest absolute Gasteiger partial charge is 0.326 e. The Morgan fingerprint density at radius 1 is 1.41 bits per heavy atom. The van der Waals surface area contributed by atoms with Gasteiger partial charge in [-0.05, 0) is 25.2 Å². The number of aliphatic hydroxyl groups is 1. The van der Waals surface area contributed by atoms with E-state index in [9.17, 15) is 9.59 Å². The third-order valence-electron chi connectivity index (χ3n) is 3.68. The lowest BCUT2D eigenvalue weighted by molar-refractivity contribution is -0.139. The molecule has 2 amide bonds. The first-order chi connectivity index (χ1) is 8.11. The van der Waals surface area contributed by atoms with Gasteiger partial charge in [0, 0.05) is 25.6 Å². The second-order valence-electron chi connectivity index (χ2n) is 4.84. The van der Waals surface area contributed by atoms with Crippen LogP contribution in [0.3, 0.4) is 0 Å². The minimum absolute atomic E-state index is 0.0447. The molecule has 2 rings (SSSR count). The molecule has 2 bridgehead atoms. The summed E-state index contributed by atoms with van der Waals surface area (Å²) in [5.41, 5.74) is 0. The number of carboxylic acid groups (broad SMARTS) is 1. The largest absolute Gasteiger partial charge is 0.480 e. The molecule has 17 heavy (non-hydrogen) atoms. The third-order valence-corrected chi connectivity index (χ3v) is 3.68. The SMILES string of the molecule is O=C(O)[C@@H](CCO)NC(=O)N1CC2CCC1C2. The van der Waals surface area contributed by atoms with E-state index in [1.807, 2.05) is 0 Å². The maximum Gasteiger partial charge on any atom is 0.326 e. The predicted octanol–water partition coefficient (Wildman–Crippen LogP) is 0.0159. The summed E-state index contributed by atoms with van der Waals surface area (Å²) < 4.78 is 0. The summed E-state index contributed by atoms with van der Waals surface area (Å²) in [4.78, 5) is 24.5. The molecule has 1 aliphatic heterocycles. The molecule has 1 aliphatic carbocycles. The van der Waals surface area contributed by atoms with Crippen molar-refractivity contribution in [2.24, 2.45) is 5.92 Å². The van der Waals surface area contributed by atoms with Crippen LogP contribution in [0.25, 0.3) is 0 Å². The first-order valence-electron chi connectivity index (χ1n) is 6.02. The van der Waals surface area contributed by atoms with Gasteiger partial charge in [-0.3, -0.25) is 0 Å². The van der Waals surface area contributed by atoms with E-state index in [0.29, 0.717) is 5.92 Å². The number of nitrogens with one attached hydrogen (secondary N) is 1. The Balaban J connectivity index is 1.89. The van der Waals surface area contributed by atoms with E-state index in [0.717, 1.165) is 19.4 Å². The van der Waals surface area contributed by atoms with Gasteiger partial charge in [0.1, 0.15) is 6.04 Å². The highest BCUT2D eigenvalue weighted by Crippen LogP contribution is 2.37. The van der Waals surface area contributed by atoms with Gasteiger partial charge in [0.15, 0.2) is 0 Å². The number of likely N-dealkylation sites (tertiary alicyclic amines) is 1. The number of hydrogen-bond donors (Lipinski definition) is 3. The molecule has 6 nitrogen and oxygen atoms in total. The number of hydrogen-bond acceptors (Lipinski definition) is 3. The summed E-state index contributed by atoms with van der Waals surface area (Å²) in [6.45, 7) is 0.491. The normalized spacial score (nSPS) is 28.2. The van der Waals surface area contributed by atoms with E-state index >= 15 is 0 Å². The fourth-order valence-electron chi connectivity index (χ4n) is 2.79. The number of fused-ring (bicyclic) bond motifs is 2. The highest BCUT2D eigenvalue weighted by molar-refractivity contribution is 5.83. The van der Waals surface area contributed by atoms with Crippen molar-refractivity contribution in [3.63, 3.8) is 0 Å². The quantitative estimate of drug-likeness (QED) is 0.648. The van der Waals surface area contributed by atoms with Crippen molar-refractivity contribution in [3.05, 3.63) is 0 Å². The summed E-state index contributed by atoms with van der Waals surface area (Å²) in [6, 6.07) is -1.02. The van der Waals surface area contributed by atoms with Crippen LogP contribution >= 0.6 is 0 Å². The van der Waals surface area contributed by atoms with Crippen LogP contribution in [-0.2, 0) is 4.79 Å². The van der Waals surface area contributed by atoms with Crippen molar-refractivity contribution >= 4 is 12.0 Å². The Hall–Kier alpha value is -1.30. The summed E-state index contributed by atoms with van der Waals surface area (Å²) >= 11 is 0. The van der Waals surface area contributed by atoms with E-state index in [1.54, 1.807) is 4.90 Å². The van der Waals surface area contributed by atoms with Gasteiger partial charge in [-0.15, -0.1) is 0 Å². The Bertz CT molecular complexity index is 321. The summed E-state index contributed by atoms with van der Waals surface area (Å²) in [6.07, 6.45) is 3.29. The average molecular weight is 242 g/mol. The van der Waals surface area contributed by atoms with Gasteiger partial charge < -0.3 is 20.4 Å². The molecule has 0 aromatic rings. The van der Waals surface area contributed by atoms with Crippen LogP contribution in [-0.4, -0.2) is 52.3 Å². The number of nitrogens with zero attached hydrogens (tertiary/aromatic N) is 1. The van der Waals surface area contributed by atoms with Crippen LogP contribution in [0, 0.1) is 5.92 Å². The molecule has 1 heterocycles. The van der Waals surface area contributed by atoms with Crippen LogP contribution in [0.4, 0.5) is 4.79 Å².